The summed E-state index contributed by atoms with van der Waals surface area (Å²) in [4.78, 5) is 26.1. The molecule has 0 aliphatic heterocycles. The van der Waals surface area contributed by atoms with Crippen molar-refractivity contribution < 1.29 is 18.3 Å². The number of nitrogens with zero attached hydrogens (tertiary/aromatic N) is 1. The number of ether oxygens (including phenoxy) is 1. The van der Waals surface area contributed by atoms with Crippen LogP contribution >= 0.6 is 0 Å². The van der Waals surface area contributed by atoms with Crippen molar-refractivity contribution in [1.82, 2.24) is 9.88 Å². The van der Waals surface area contributed by atoms with Crippen LogP contribution in [0.1, 0.15) is 27.2 Å². The zero-order valence-electron chi connectivity index (χ0n) is 17.1. The van der Waals surface area contributed by atoms with Gasteiger partial charge in [0.2, 0.25) is 0 Å². The number of nitrogens with one attached hydrogen (secondary N) is 1. The third-order valence-electron chi connectivity index (χ3n) is 5.09. The maximum atomic E-state index is 13.5. The van der Waals surface area contributed by atoms with Crippen molar-refractivity contribution in [3.05, 3.63) is 99.4 Å². The Kier molecular flexibility index (Phi) is 5.58. The molecule has 0 saturated carbocycles. The van der Waals surface area contributed by atoms with Crippen LogP contribution in [0.25, 0.3) is 11.0 Å². The number of aromatic nitrogens is 1. The van der Waals surface area contributed by atoms with Crippen molar-refractivity contribution in [2.24, 2.45) is 0 Å². The van der Waals surface area contributed by atoms with Gasteiger partial charge in [-0.2, -0.15) is 0 Å². The summed E-state index contributed by atoms with van der Waals surface area (Å²) >= 11 is 0. The average Bonchev–Trinajstić information content (AvgIpc) is 3.11. The van der Waals surface area contributed by atoms with Gasteiger partial charge in [-0.3, -0.25) is 9.59 Å². The first-order chi connectivity index (χ1) is 15.0. The lowest BCUT2D eigenvalue weighted by Crippen LogP contribution is -2.26. The van der Waals surface area contributed by atoms with Gasteiger partial charge in [0, 0.05) is 18.3 Å². The van der Waals surface area contributed by atoms with E-state index >= 15 is 0 Å². The van der Waals surface area contributed by atoms with E-state index in [1.807, 2.05) is 24.3 Å². The van der Waals surface area contributed by atoms with Crippen molar-refractivity contribution >= 4 is 16.9 Å². The minimum atomic E-state index is -0.414. The second kappa shape index (κ2) is 8.47. The molecule has 1 amide bonds. The number of hydrogen-bond acceptors (Lipinski definition) is 4. The maximum Gasteiger partial charge on any atom is 0.262 e. The van der Waals surface area contributed by atoms with Crippen LogP contribution in [0.2, 0.25) is 0 Å². The van der Waals surface area contributed by atoms with Gasteiger partial charge in [-0.1, -0.05) is 30.3 Å². The number of para-hydroxylation sites is 1. The Morgan fingerprint density at radius 2 is 1.97 bits per heavy atom. The first-order valence-electron chi connectivity index (χ1n) is 9.75. The Labute approximate surface area is 177 Å². The quantitative estimate of drug-likeness (QED) is 0.511. The van der Waals surface area contributed by atoms with E-state index in [1.165, 1.54) is 16.7 Å². The lowest BCUT2D eigenvalue weighted by Gasteiger charge is -2.10. The fraction of sp³-hybridized carbons (Fsp3) is 0.167. The molecule has 31 heavy (non-hydrogen) atoms. The van der Waals surface area contributed by atoms with Crippen molar-refractivity contribution in [2.45, 2.75) is 20.0 Å². The molecule has 6 nitrogen and oxygen atoms in total. The topological polar surface area (TPSA) is 73.5 Å². The fourth-order valence-electron chi connectivity index (χ4n) is 3.61. The highest BCUT2D eigenvalue weighted by molar-refractivity contribution is 6.06. The van der Waals surface area contributed by atoms with Crippen LogP contribution in [0.15, 0.2) is 70.0 Å². The predicted molar refractivity (Wildman–Crippen MR) is 115 cm³/mol. The number of aryl methyl sites for hydroxylation is 1. The molecule has 0 unspecified atom stereocenters. The molecule has 2 aromatic heterocycles. The molecule has 0 aliphatic carbocycles. The van der Waals surface area contributed by atoms with E-state index in [9.17, 15) is 14.0 Å². The zero-order chi connectivity index (χ0) is 22.0. The number of furan rings is 1. The summed E-state index contributed by atoms with van der Waals surface area (Å²) in [6.07, 6.45) is 1.58. The Balaban J connectivity index is 1.66. The van der Waals surface area contributed by atoms with E-state index in [4.69, 9.17) is 9.15 Å². The highest BCUT2D eigenvalue weighted by atomic mass is 19.1. The summed E-state index contributed by atoms with van der Waals surface area (Å²) in [5, 5.41) is 3.04. The molecule has 0 radical (unpaired) electrons. The van der Waals surface area contributed by atoms with Gasteiger partial charge < -0.3 is 19.0 Å². The number of halogens is 1. The van der Waals surface area contributed by atoms with E-state index in [0.717, 1.165) is 5.56 Å². The monoisotopic (exact) mass is 420 g/mol. The van der Waals surface area contributed by atoms with E-state index in [1.54, 1.807) is 38.4 Å². The molecule has 4 rings (SSSR count). The van der Waals surface area contributed by atoms with Crippen LogP contribution in [0.3, 0.4) is 0 Å². The summed E-state index contributed by atoms with van der Waals surface area (Å²) in [5.41, 5.74) is 1.61. The second-order valence-electron chi connectivity index (χ2n) is 7.15. The molecular formula is C24H21FN2O4. The number of fused-ring (bicyclic) bond motifs is 1. The SMILES string of the molecule is COc1ccccc1CNC(=O)c1c(C)oc2ccn(Cc3cccc(F)c3)c(=O)c12. The molecule has 2 heterocycles. The molecule has 0 fully saturated rings. The zero-order valence-corrected chi connectivity index (χ0v) is 17.1. The Morgan fingerprint density at radius 1 is 1.16 bits per heavy atom. The first-order valence-corrected chi connectivity index (χ1v) is 9.75. The molecule has 1 N–H and O–H groups in total. The highest BCUT2D eigenvalue weighted by Crippen LogP contribution is 2.23. The smallest absolute Gasteiger partial charge is 0.262 e. The summed E-state index contributed by atoms with van der Waals surface area (Å²) in [6, 6.07) is 15.1. The molecule has 7 heteroatoms. The normalized spacial score (nSPS) is 10.9. The molecule has 0 spiro atoms. The van der Waals surface area contributed by atoms with Gasteiger partial charge in [0.25, 0.3) is 11.5 Å². The van der Waals surface area contributed by atoms with Crippen molar-refractivity contribution in [1.29, 1.82) is 0 Å². The van der Waals surface area contributed by atoms with E-state index in [0.29, 0.717) is 22.7 Å². The Morgan fingerprint density at radius 3 is 2.74 bits per heavy atom. The predicted octanol–water partition coefficient (Wildman–Crippen LogP) is 4.03. The highest BCUT2D eigenvalue weighted by Gasteiger charge is 2.22. The number of carbonyl (C=O) groups excluding carboxylic acids is 1. The van der Waals surface area contributed by atoms with Gasteiger partial charge in [-0.15, -0.1) is 0 Å². The van der Waals surface area contributed by atoms with Gasteiger partial charge in [-0.25, -0.2) is 4.39 Å². The summed E-state index contributed by atoms with van der Waals surface area (Å²) < 4.78 is 25.9. The van der Waals surface area contributed by atoms with E-state index < -0.39 is 5.91 Å². The molecular weight excluding hydrogens is 399 g/mol. The average molecular weight is 420 g/mol. The minimum absolute atomic E-state index is 0.180. The Hall–Kier alpha value is -3.87. The van der Waals surface area contributed by atoms with Crippen LogP contribution in [0.5, 0.6) is 5.75 Å². The first kappa shape index (κ1) is 20.4. The van der Waals surface area contributed by atoms with Crippen molar-refractivity contribution in [3.8, 4) is 5.75 Å². The Bertz CT molecular complexity index is 1320. The van der Waals surface area contributed by atoms with Crippen LogP contribution in [-0.2, 0) is 13.1 Å². The molecule has 0 bridgehead atoms. The number of carbonyl (C=O) groups is 1. The molecule has 0 saturated heterocycles. The van der Waals surface area contributed by atoms with Crippen LogP contribution in [-0.4, -0.2) is 17.6 Å². The minimum Gasteiger partial charge on any atom is -0.496 e. The van der Waals surface area contributed by atoms with Gasteiger partial charge in [0.15, 0.2) is 0 Å². The molecule has 0 atom stereocenters. The van der Waals surface area contributed by atoms with Crippen molar-refractivity contribution in [3.63, 3.8) is 0 Å². The molecule has 158 valence electrons. The lowest BCUT2D eigenvalue weighted by molar-refractivity contribution is 0.0950. The van der Waals surface area contributed by atoms with E-state index in [-0.39, 0.29) is 35.4 Å². The summed E-state index contributed by atoms with van der Waals surface area (Å²) in [7, 11) is 1.56. The standard InChI is InChI=1S/C24H21FN2O4/c1-15-21(23(28)26-13-17-7-3-4-9-19(17)30-2)22-20(31-15)10-11-27(24(22)29)14-16-6-5-8-18(25)12-16/h3-12H,13-14H2,1-2H3,(H,26,28). The van der Waals surface area contributed by atoms with Crippen LogP contribution in [0, 0.1) is 12.7 Å². The number of pyridine rings is 1. The van der Waals surface area contributed by atoms with Crippen LogP contribution < -0.4 is 15.6 Å². The largest absolute Gasteiger partial charge is 0.496 e. The molecule has 2 aromatic carbocycles. The van der Waals surface area contributed by atoms with Crippen LogP contribution in [0.4, 0.5) is 4.39 Å². The van der Waals surface area contributed by atoms with Crippen molar-refractivity contribution in [2.75, 3.05) is 7.11 Å². The third-order valence-corrected chi connectivity index (χ3v) is 5.09. The number of rotatable bonds is 6. The summed E-state index contributed by atoms with van der Waals surface area (Å²) in [6.45, 7) is 2.06. The number of methoxy groups -OCH3 is 1. The van der Waals surface area contributed by atoms with Gasteiger partial charge >= 0.3 is 0 Å². The second-order valence-corrected chi connectivity index (χ2v) is 7.15. The maximum absolute atomic E-state index is 13.5. The van der Waals surface area contributed by atoms with E-state index in [2.05, 4.69) is 5.32 Å². The van der Waals surface area contributed by atoms with Gasteiger partial charge in [0.1, 0.15) is 22.9 Å². The number of amides is 1. The van der Waals surface area contributed by atoms with Gasteiger partial charge in [0.05, 0.1) is 24.6 Å². The number of benzene rings is 2. The molecule has 4 aromatic rings. The third kappa shape index (κ3) is 4.07. The number of hydrogen-bond donors (Lipinski definition) is 1. The summed E-state index contributed by atoms with van der Waals surface area (Å²) in [5.74, 6) is 0.229. The van der Waals surface area contributed by atoms with Gasteiger partial charge in [-0.05, 0) is 36.8 Å². The lowest BCUT2D eigenvalue weighted by atomic mass is 10.1. The molecule has 0 aliphatic rings. The fourth-order valence-corrected chi connectivity index (χ4v) is 3.61.